The largest absolute Gasteiger partial charge is 0.349 e. The standard InChI is InChI=1S/C12H13BrClNO/c1-2-7-5-11(7)15-12(16)8-3-9(13)6-10(14)4-8/h3-4,6-7,11H,2,5H2,1H3,(H,15,16). The van der Waals surface area contributed by atoms with E-state index < -0.39 is 0 Å². The van der Waals surface area contributed by atoms with Crippen LogP contribution in [-0.4, -0.2) is 11.9 Å². The molecule has 0 aromatic heterocycles. The highest BCUT2D eigenvalue weighted by molar-refractivity contribution is 9.10. The summed E-state index contributed by atoms with van der Waals surface area (Å²) in [5, 5.41) is 3.58. The molecule has 2 atom stereocenters. The first-order valence-electron chi connectivity index (χ1n) is 5.37. The Labute approximate surface area is 108 Å². The molecular formula is C12H13BrClNO. The SMILES string of the molecule is CCC1CC1NC(=O)c1cc(Cl)cc(Br)c1. The highest BCUT2D eigenvalue weighted by Gasteiger charge is 2.36. The Balaban J connectivity index is 2.04. The van der Waals surface area contributed by atoms with Gasteiger partial charge in [0.15, 0.2) is 0 Å². The fraction of sp³-hybridized carbons (Fsp3) is 0.417. The molecule has 1 saturated carbocycles. The minimum absolute atomic E-state index is 0.0378. The second-order valence-electron chi connectivity index (χ2n) is 4.14. The van der Waals surface area contributed by atoms with E-state index in [2.05, 4.69) is 28.2 Å². The second kappa shape index (κ2) is 4.76. The highest BCUT2D eigenvalue weighted by Crippen LogP contribution is 2.33. The van der Waals surface area contributed by atoms with Gasteiger partial charge in [0.05, 0.1) is 0 Å². The van der Waals surface area contributed by atoms with E-state index in [1.54, 1.807) is 18.2 Å². The summed E-state index contributed by atoms with van der Waals surface area (Å²) in [6.45, 7) is 2.15. The molecule has 4 heteroatoms. The first kappa shape index (κ1) is 11.9. The van der Waals surface area contributed by atoms with Crippen LogP contribution in [0.3, 0.4) is 0 Å². The van der Waals surface area contributed by atoms with Crippen LogP contribution in [0.4, 0.5) is 0 Å². The molecule has 2 rings (SSSR count). The molecule has 0 radical (unpaired) electrons. The molecule has 1 aliphatic carbocycles. The Bertz CT molecular complexity index is 401. The van der Waals surface area contributed by atoms with Crippen molar-refractivity contribution in [2.75, 3.05) is 0 Å². The summed E-state index contributed by atoms with van der Waals surface area (Å²) in [6, 6.07) is 5.59. The number of carbonyl (C=O) groups excluding carboxylic acids is 1. The number of halogens is 2. The quantitative estimate of drug-likeness (QED) is 0.907. The maximum atomic E-state index is 11.9. The number of hydrogen-bond acceptors (Lipinski definition) is 1. The first-order chi connectivity index (χ1) is 7.60. The molecular weight excluding hydrogens is 289 g/mol. The number of hydrogen-bond donors (Lipinski definition) is 1. The average molecular weight is 303 g/mol. The van der Waals surface area contributed by atoms with Gasteiger partial charge in [0.1, 0.15) is 0 Å². The highest BCUT2D eigenvalue weighted by atomic mass is 79.9. The Kier molecular flexibility index (Phi) is 3.55. The van der Waals surface area contributed by atoms with Gasteiger partial charge in [-0.25, -0.2) is 0 Å². The van der Waals surface area contributed by atoms with Crippen molar-refractivity contribution in [3.05, 3.63) is 33.3 Å². The zero-order valence-corrected chi connectivity index (χ0v) is 11.3. The van der Waals surface area contributed by atoms with E-state index in [0.717, 1.165) is 17.3 Å². The Morgan fingerprint density at radius 3 is 2.88 bits per heavy atom. The Morgan fingerprint density at radius 2 is 2.31 bits per heavy atom. The molecule has 0 heterocycles. The van der Waals surface area contributed by atoms with Crippen LogP contribution in [0, 0.1) is 5.92 Å². The van der Waals surface area contributed by atoms with Crippen molar-refractivity contribution in [1.82, 2.24) is 5.32 Å². The minimum Gasteiger partial charge on any atom is -0.349 e. The fourth-order valence-electron chi connectivity index (χ4n) is 1.81. The summed E-state index contributed by atoms with van der Waals surface area (Å²) in [5.41, 5.74) is 0.612. The predicted octanol–water partition coefficient (Wildman–Crippen LogP) is 3.63. The van der Waals surface area contributed by atoms with Gasteiger partial charge in [0.25, 0.3) is 5.91 Å². The monoisotopic (exact) mass is 301 g/mol. The van der Waals surface area contributed by atoms with Crippen molar-refractivity contribution in [2.24, 2.45) is 5.92 Å². The van der Waals surface area contributed by atoms with Gasteiger partial charge in [-0.1, -0.05) is 40.9 Å². The third-order valence-electron chi connectivity index (χ3n) is 2.89. The van der Waals surface area contributed by atoms with Crippen molar-refractivity contribution >= 4 is 33.4 Å². The van der Waals surface area contributed by atoms with Crippen molar-refractivity contribution in [3.63, 3.8) is 0 Å². The van der Waals surface area contributed by atoms with Crippen molar-refractivity contribution in [3.8, 4) is 0 Å². The maximum Gasteiger partial charge on any atom is 0.251 e. The summed E-state index contributed by atoms with van der Waals surface area (Å²) in [6.07, 6.45) is 2.23. The molecule has 1 aromatic rings. The predicted molar refractivity (Wildman–Crippen MR) is 68.8 cm³/mol. The van der Waals surface area contributed by atoms with Crippen molar-refractivity contribution < 1.29 is 4.79 Å². The summed E-state index contributed by atoms with van der Waals surface area (Å²) in [7, 11) is 0. The number of amides is 1. The molecule has 16 heavy (non-hydrogen) atoms. The number of benzene rings is 1. The van der Waals surface area contributed by atoms with E-state index in [0.29, 0.717) is 22.5 Å². The zero-order chi connectivity index (χ0) is 11.7. The van der Waals surface area contributed by atoms with Crippen LogP contribution in [0.5, 0.6) is 0 Å². The van der Waals surface area contributed by atoms with Gasteiger partial charge in [0.2, 0.25) is 0 Å². The molecule has 0 spiro atoms. The van der Waals surface area contributed by atoms with E-state index in [1.807, 2.05) is 0 Å². The van der Waals surface area contributed by atoms with Crippen LogP contribution in [-0.2, 0) is 0 Å². The molecule has 1 fully saturated rings. The van der Waals surface area contributed by atoms with E-state index >= 15 is 0 Å². The van der Waals surface area contributed by atoms with Gasteiger partial charge in [-0.15, -0.1) is 0 Å². The summed E-state index contributed by atoms with van der Waals surface area (Å²) >= 11 is 9.22. The van der Waals surface area contributed by atoms with Crippen LogP contribution >= 0.6 is 27.5 Å². The van der Waals surface area contributed by atoms with Crippen molar-refractivity contribution in [1.29, 1.82) is 0 Å². The van der Waals surface area contributed by atoms with Gasteiger partial charge in [0, 0.05) is 21.1 Å². The lowest BCUT2D eigenvalue weighted by atomic mass is 10.2. The molecule has 0 saturated heterocycles. The van der Waals surface area contributed by atoms with Crippen LogP contribution in [0.25, 0.3) is 0 Å². The van der Waals surface area contributed by atoms with Crippen LogP contribution in [0.1, 0.15) is 30.1 Å². The lowest BCUT2D eigenvalue weighted by Crippen LogP contribution is -2.26. The maximum absolute atomic E-state index is 11.9. The zero-order valence-electron chi connectivity index (χ0n) is 8.97. The van der Waals surface area contributed by atoms with Gasteiger partial charge in [-0.2, -0.15) is 0 Å². The number of nitrogens with one attached hydrogen (secondary N) is 1. The molecule has 1 N–H and O–H groups in total. The van der Waals surface area contributed by atoms with E-state index in [1.165, 1.54) is 0 Å². The molecule has 2 unspecified atom stereocenters. The molecule has 1 aliphatic rings. The normalized spacial score (nSPS) is 22.9. The van der Waals surface area contributed by atoms with Crippen molar-refractivity contribution in [2.45, 2.75) is 25.8 Å². The van der Waals surface area contributed by atoms with Crippen LogP contribution in [0.15, 0.2) is 22.7 Å². The topological polar surface area (TPSA) is 29.1 Å². The molecule has 1 aromatic carbocycles. The molecule has 86 valence electrons. The average Bonchev–Trinajstić information content (AvgIpc) is 2.95. The molecule has 1 amide bonds. The van der Waals surface area contributed by atoms with E-state index in [9.17, 15) is 4.79 Å². The van der Waals surface area contributed by atoms with Gasteiger partial charge in [-0.05, 0) is 30.5 Å². The lowest BCUT2D eigenvalue weighted by molar-refractivity contribution is 0.0949. The third kappa shape index (κ3) is 2.77. The number of rotatable bonds is 3. The smallest absolute Gasteiger partial charge is 0.251 e. The number of carbonyl (C=O) groups is 1. The molecule has 0 bridgehead atoms. The molecule has 2 nitrogen and oxygen atoms in total. The lowest BCUT2D eigenvalue weighted by Gasteiger charge is -2.05. The van der Waals surface area contributed by atoms with Crippen LogP contribution < -0.4 is 5.32 Å². The Hall–Kier alpha value is -0.540. The van der Waals surface area contributed by atoms with Gasteiger partial charge in [-0.3, -0.25) is 4.79 Å². The van der Waals surface area contributed by atoms with Gasteiger partial charge < -0.3 is 5.32 Å². The Morgan fingerprint density at radius 1 is 1.56 bits per heavy atom. The third-order valence-corrected chi connectivity index (χ3v) is 3.56. The first-order valence-corrected chi connectivity index (χ1v) is 6.54. The summed E-state index contributed by atoms with van der Waals surface area (Å²) < 4.78 is 0.827. The molecule has 0 aliphatic heterocycles. The fourth-order valence-corrected chi connectivity index (χ4v) is 2.67. The second-order valence-corrected chi connectivity index (χ2v) is 5.49. The van der Waals surface area contributed by atoms with E-state index in [-0.39, 0.29) is 5.91 Å². The van der Waals surface area contributed by atoms with Gasteiger partial charge >= 0.3 is 0 Å². The summed E-state index contributed by atoms with van der Waals surface area (Å²) in [4.78, 5) is 11.9. The van der Waals surface area contributed by atoms with E-state index in [4.69, 9.17) is 11.6 Å². The minimum atomic E-state index is -0.0378. The summed E-state index contributed by atoms with van der Waals surface area (Å²) in [5.74, 6) is 0.621. The van der Waals surface area contributed by atoms with Crippen LogP contribution in [0.2, 0.25) is 5.02 Å².